The Labute approximate surface area is 147 Å². The standard InChI is InChI=1S/C21H46N2/c1-22-20-18-16-14-12-10-8-6-4-3-5-7-9-11-13-15-17-19-21-23-2/h22-23H,3-21H2,1-2H3. The lowest BCUT2D eigenvalue weighted by Crippen LogP contribution is -2.06. The van der Waals surface area contributed by atoms with Gasteiger partial charge in [0.15, 0.2) is 0 Å². The van der Waals surface area contributed by atoms with Crippen molar-refractivity contribution in [1.82, 2.24) is 10.6 Å². The third kappa shape index (κ3) is 21.9. The van der Waals surface area contributed by atoms with E-state index in [1.165, 1.54) is 122 Å². The maximum atomic E-state index is 3.22. The Morgan fingerprint density at radius 2 is 0.478 bits per heavy atom. The molecular formula is C21H46N2. The van der Waals surface area contributed by atoms with Crippen molar-refractivity contribution in [2.24, 2.45) is 0 Å². The molecule has 0 saturated carbocycles. The minimum atomic E-state index is 1.19. The van der Waals surface area contributed by atoms with Gasteiger partial charge in [-0.3, -0.25) is 0 Å². The van der Waals surface area contributed by atoms with Crippen LogP contribution in [0.4, 0.5) is 0 Å². The molecule has 0 saturated heterocycles. The first-order chi connectivity index (χ1) is 11.4. The zero-order valence-corrected chi connectivity index (χ0v) is 16.4. The van der Waals surface area contributed by atoms with E-state index in [1.807, 2.05) is 14.1 Å². The summed E-state index contributed by atoms with van der Waals surface area (Å²) >= 11 is 0. The number of hydrogen-bond donors (Lipinski definition) is 2. The molecule has 0 amide bonds. The summed E-state index contributed by atoms with van der Waals surface area (Å²) in [6, 6.07) is 0. The van der Waals surface area contributed by atoms with Crippen molar-refractivity contribution in [1.29, 1.82) is 0 Å². The zero-order chi connectivity index (χ0) is 16.8. The van der Waals surface area contributed by atoms with E-state index in [0.717, 1.165) is 0 Å². The summed E-state index contributed by atoms with van der Waals surface area (Å²) in [6.07, 6.45) is 24.6. The minimum absolute atomic E-state index is 1.19. The highest BCUT2D eigenvalue weighted by Gasteiger charge is 1.95. The SMILES string of the molecule is CNCCCCCCCCCCCCCCCCCCCNC. The second-order valence-electron chi connectivity index (χ2n) is 7.22. The second-order valence-corrected chi connectivity index (χ2v) is 7.22. The third-order valence-electron chi connectivity index (χ3n) is 4.85. The van der Waals surface area contributed by atoms with Crippen molar-refractivity contribution in [2.75, 3.05) is 27.2 Å². The van der Waals surface area contributed by atoms with E-state index in [1.54, 1.807) is 0 Å². The molecule has 0 fully saturated rings. The number of hydrogen-bond acceptors (Lipinski definition) is 2. The monoisotopic (exact) mass is 326 g/mol. The lowest BCUT2D eigenvalue weighted by atomic mass is 10.0. The molecule has 0 rings (SSSR count). The molecule has 0 heterocycles. The van der Waals surface area contributed by atoms with Crippen LogP contribution in [0, 0.1) is 0 Å². The molecule has 23 heavy (non-hydrogen) atoms. The van der Waals surface area contributed by atoms with Gasteiger partial charge in [-0.2, -0.15) is 0 Å². The van der Waals surface area contributed by atoms with E-state index < -0.39 is 0 Å². The average molecular weight is 327 g/mol. The van der Waals surface area contributed by atoms with Crippen molar-refractivity contribution in [3.63, 3.8) is 0 Å². The molecule has 140 valence electrons. The van der Waals surface area contributed by atoms with Crippen LogP contribution in [0.25, 0.3) is 0 Å². The summed E-state index contributed by atoms with van der Waals surface area (Å²) < 4.78 is 0. The fraction of sp³-hybridized carbons (Fsp3) is 1.00. The highest BCUT2D eigenvalue weighted by Crippen LogP contribution is 2.13. The van der Waals surface area contributed by atoms with Crippen molar-refractivity contribution in [3.8, 4) is 0 Å². The Hall–Kier alpha value is -0.0800. The van der Waals surface area contributed by atoms with Gasteiger partial charge in [0.05, 0.1) is 0 Å². The van der Waals surface area contributed by atoms with Gasteiger partial charge < -0.3 is 10.6 Å². The first-order valence-electron chi connectivity index (χ1n) is 10.7. The molecule has 0 unspecified atom stereocenters. The molecule has 0 spiro atoms. The largest absolute Gasteiger partial charge is 0.320 e. The van der Waals surface area contributed by atoms with E-state index >= 15 is 0 Å². The highest BCUT2D eigenvalue weighted by atomic mass is 14.8. The molecule has 0 aromatic heterocycles. The van der Waals surface area contributed by atoms with Crippen LogP contribution in [-0.2, 0) is 0 Å². The molecule has 0 atom stereocenters. The minimum Gasteiger partial charge on any atom is -0.320 e. The van der Waals surface area contributed by atoms with Crippen LogP contribution in [0.1, 0.15) is 109 Å². The van der Waals surface area contributed by atoms with Gasteiger partial charge >= 0.3 is 0 Å². The van der Waals surface area contributed by atoms with Crippen molar-refractivity contribution in [2.45, 2.75) is 109 Å². The van der Waals surface area contributed by atoms with Gasteiger partial charge in [-0.1, -0.05) is 96.3 Å². The molecule has 0 aromatic carbocycles. The third-order valence-corrected chi connectivity index (χ3v) is 4.85. The molecule has 0 aliphatic rings. The summed E-state index contributed by atoms with van der Waals surface area (Å²) in [5.41, 5.74) is 0. The van der Waals surface area contributed by atoms with E-state index in [2.05, 4.69) is 10.6 Å². The predicted molar refractivity (Wildman–Crippen MR) is 106 cm³/mol. The van der Waals surface area contributed by atoms with Gasteiger partial charge in [0.1, 0.15) is 0 Å². The van der Waals surface area contributed by atoms with E-state index in [0.29, 0.717) is 0 Å². The maximum Gasteiger partial charge on any atom is -0.00519 e. The Morgan fingerprint density at radius 3 is 0.652 bits per heavy atom. The zero-order valence-electron chi connectivity index (χ0n) is 16.4. The molecule has 0 aliphatic heterocycles. The normalized spacial score (nSPS) is 11.2. The maximum absolute atomic E-state index is 3.22. The van der Waals surface area contributed by atoms with Gasteiger partial charge in [-0.05, 0) is 40.0 Å². The van der Waals surface area contributed by atoms with Crippen molar-refractivity contribution < 1.29 is 0 Å². The average Bonchev–Trinajstić information content (AvgIpc) is 2.57. The summed E-state index contributed by atoms with van der Waals surface area (Å²) in [5, 5.41) is 6.44. The quantitative estimate of drug-likeness (QED) is 0.266. The molecule has 0 aromatic rings. The van der Waals surface area contributed by atoms with E-state index in [-0.39, 0.29) is 0 Å². The van der Waals surface area contributed by atoms with Crippen LogP contribution in [-0.4, -0.2) is 27.2 Å². The highest BCUT2D eigenvalue weighted by molar-refractivity contribution is 4.51. The summed E-state index contributed by atoms with van der Waals surface area (Å²) in [4.78, 5) is 0. The van der Waals surface area contributed by atoms with Gasteiger partial charge in [-0.15, -0.1) is 0 Å². The molecule has 0 aliphatic carbocycles. The fourth-order valence-electron chi connectivity index (χ4n) is 3.26. The lowest BCUT2D eigenvalue weighted by molar-refractivity contribution is 0.523. The molecule has 2 heteroatoms. The van der Waals surface area contributed by atoms with E-state index in [4.69, 9.17) is 0 Å². The molecule has 0 bridgehead atoms. The first-order valence-corrected chi connectivity index (χ1v) is 10.7. The molecule has 2 nitrogen and oxygen atoms in total. The Balaban J connectivity index is 2.92. The number of rotatable bonds is 20. The first kappa shape index (κ1) is 22.9. The van der Waals surface area contributed by atoms with Crippen molar-refractivity contribution >= 4 is 0 Å². The molecule has 2 N–H and O–H groups in total. The summed E-state index contributed by atoms with van der Waals surface area (Å²) in [7, 11) is 4.10. The Bertz CT molecular complexity index is 174. The van der Waals surface area contributed by atoms with Crippen LogP contribution >= 0.6 is 0 Å². The topological polar surface area (TPSA) is 24.1 Å². The van der Waals surface area contributed by atoms with Gasteiger partial charge in [0.25, 0.3) is 0 Å². The van der Waals surface area contributed by atoms with Gasteiger partial charge in [-0.25, -0.2) is 0 Å². The Morgan fingerprint density at radius 1 is 0.304 bits per heavy atom. The summed E-state index contributed by atoms with van der Waals surface area (Å²) in [5.74, 6) is 0. The van der Waals surface area contributed by atoms with Crippen LogP contribution in [0.5, 0.6) is 0 Å². The van der Waals surface area contributed by atoms with Crippen LogP contribution in [0.2, 0.25) is 0 Å². The van der Waals surface area contributed by atoms with Crippen LogP contribution in [0.15, 0.2) is 0 Å². The molecule has 0 radical (unpaired) electrons. The fourth-order valence-corrected chi connectivity index (χ4v) is 3.26. The second kappa shape index (κ2) is 21.9. The number of nitrogens with one attached hydrogen (secondary N) is 2. The number of unbranched alkanes of at least 4 members (excludes halogenated alkanes) is 16. The van der Waals surface area contributed by atoms with Gasteiger partial charge in [0, 0.05) is 0 Å². The van der Waals surface area contributed by atoms with Gasteiger partial charge in [0.2, 0.25) is 0 Å². The smallest absolute Gasteiger partial charge is 0.00519 e. The van der Waals surface area contributed by atoms with E-state index in [9.17, 15) is 0 Å². The van der Waals surface area contributed by atoms with Crippen LogP contribution < -0.4 is 10.6 Å². The van der Waals surface area contributed by atoms with Crippen LogP contribution in [0.3, 0.4) is 0 Å². The lowest BCUT2D eigenvalue weighted by Gasteiger charge is -2.04. The predicted octanol–water partition coefficient (Wildman–Crippen LogP) is 6.06. The van der Waals surface area contributed by atoms with Crippen molar-refractivity contribution in [3.05, 3.63) is 0 Å². The summed E-state index contributed by atoms with van der Waals surface area (Å²) in [6.45, 7) is 2.38. The molecular weight excluding hydrogens is 280 g/mol. The Kier molecular flexibility index (Phi) is 21.8.